The van der Waals surface area contributed by atoms with E-state index >= 15 is 0 Å². The van der Waals surface area contributed by atoms with Gasteiger partial charge in [-0.25, -0.2) is 4.98 Å². The number of methoxy groups -OCH3 is 1. The van der Waals surface area contributed by atoms with E-state index in [0.717, 1.165) is 9.37 Å². The highest BCUT2D eigenvalue weighted by Gasteiger charge is 2.14. The van der Waals surface area contributed by atoms with Crippen LogP contribution < -0.4 is 10.5 Å². The van der Waals surface area contributed by atoms with E-state index in [1.807, 2.05) is 12.1 Å². The summed E-state index contributed by atoms with van der Waals surface area (Å²) in [6.07, 6.45) is 3.22. The average Bonchev–Trinajstić information content (AvgIpc) is 2.45. The molecule has 0 aliphatic carbocycles. The van der Waals surface area contributed by atoms with Crippen molar-refractivity contribution in [3.8, 4) is 5.88 Å². The molecule has 6 heteroatoms. The van der Waals surface area contributed by atoms with Gasteiger partial charge in [0, 0.05) is 27.5 Å². The molecule has 1 aromatic heterocycles. The monoisotopic (exact) mass is 339 g/mol. The topological polar surface area (TPSA) is 61.0 Å². The second-order valence-electron chi connectivity index (χ2n) is 3.83. The lowest BCUT2D eigenvalue weighted by atomic mass is 10.2. The van der Waals surface area contributed by atoms with Crippen LogP contribution in [0.25, 0.3) is 0 Å². The molecule has 100 valence electrons. The van der Waals surface area contributed by atoms with Gasteiger partial charge < -0.3 is 10.5 Å². The first-order valence-electron chi connectivity index (χ1n) is 5.69. The molecule has 19 heavy (non-hydrogen) atoms. The zero-order valence-corrected chi connectivity index (χ0v) is 12.8. The van der Waals surface area contributed by atoms with Gasteiger partial charge in [0.25, 0.3) is 0 Å². The molecule has 0 spiro atoms. The number of benzene rings is 1. The smallest absolute Gasteiger partial charge is 0.237 e. The molecule has 0 fully saturated rings. The van der Waals surface area contributed by atoms with Gasteiger partial charge in [0.15, 0.2) is 0 Å². The van der Waals surface area contributed by atoms with Crippen molar-refractivity contribution in [2.24, 2.45) is 5.73 Å². The molecule has 2 aromatic rings. The Hall–Kier alpha value is -1.11. The summed E-state index contributed by atoms with van der Waals surface area (Å²) in [6.45, 7) is 0. The van der Waals surface area contributed by atoms with E-state index in [0.29, 0.717) is 17.3 Å². The van der Waals surface area contributed by atoms with Crippen molar-refractivity contribution >= 4 is 27.7 Å². The van der Waals surface area contributed by atoms with E-state index in [-0.39, 0.29) is 6.04 Å². The molecule has 2 N–H and O–H groups in total. The van der Waals surface area contributed by atoms with Gasteiger partial charge in [0.2, 0.25) is 5.88 Å². The Bertz CT molecular complexity index is 553. The number of hydrogen-bond donors (Lipinski definition) is 1. The minimum atomic E-state index is -0.215. The first-order chi connectivity index (χ1) is 9.20. The SMILES string of the molecule is COc1nccnc1C(N)CSc1cccc(Br)c1. The van der Waals surface area contributed by atoms with E-state index < -0.39 is 0 Å². The molecular weight excluding hydrogens is 326 g/mol. The summed E-state index contributed by atoms with van der Waals surface area (Å²) in [7, 11) is 1.57. The van der Waals surface area contributed by atoms with Crippen LogP contribution in [0, 0.1) is 0 Å². The summed E-state index contributed by atoms with van der Waals surface area (Å²) >= 11 is 5.13. The molecular formula is C13H14BrN3OS. The Labute approximate surface area is 124 Å². The van der Waals surface area contributed by atoms with Crippen LogP contribution in [0.1, 0.15) is 11.7 Å². The zero-order chi connectivity index (χ0) is 13.7. The molecule has 0 saturated heterocycles. The molecule has 0 radical (unpaired) electrons. The number of halogens is 1. The molecule has 1 unspecified atom stereocenters. The Morgan fingerprint density at radius 3 is 2.89 bits per heavy atom. The Balaban J connectivity index is 2.03. The number of nitrogens with zero attached hydrogens (tertiary/aromatic N) is 2. The van der Waals surface area contributed by atoms with Crippen LogP contribution in [-0.4, -0.2) is 22.8 Å². The number of thioether (sulfide) groups is 1. The minimum Gasteiger partial charge on any atom is -0.480 e. The fourth-order valence-corrected chi connectivity index (χ4v) is 3.04. The largest absolute Gasteiger partial charge is 0.480 e. The first kappa shape index (κ1) is 14.3. The van der Waals surface area contributed by atoms with Gasteiger partial charge in [-0.05, 0) is 18.2 Å². The van der Waals surface area contributed by atoms with Crippen molar-refractivity contribution in [1.82, 2.24) is 9.97 Å². The van der Waals surface area contributed by atoms with E-state index in [4.69, 9.17) is 10.5 Å². The highest BCUT2D eigenvalue weighted by atomic mass is 79.9. The van der Waals surface area contributed by atoms with Crippen LogP contribution in [-0.2, 0) is 0 Å². The molecule has 0 amide bonds. The van der Waals surface area contributed by atoms with Gasteiger partial charge >= 0.3 is 0 Å². The molecule has 0 aliphatic rings. The fraction of sp³-hybridized carbons (Fsp3) is 0.231. The lowest BCUT2D eigenvalue weighted by Crippen LogP contribution is -2.16. The summed E-state index contributed by atoms with van der Waals surface area (Å²) < 4.78 is 6.23. The lowest BCUT2D eigenvalue weighted by molar-refractivity contribution is 0.386. The molecule has 1 heterocycles. The summed E-state index contributed by atoms with van der Waals surface area (Å²) in [5.74, 6) is 1.20. The van der Waals surface area contributed by atoms with E-state index in [1.54, 1.807) is 31.3 Å². The standard InChI is InChI=1S/C13H14BrN3OS/c1-18-13-12(16-5-6-17-13)11(15)8-19-10-4-2-3-9(14)7-10/h2-7,11H,8,15H2,1H3. The predicted molar refractivity (Wildman–Crippen MR) is 80.4 cm³/mol. The van der Waals surface area contributed by atoms with E-state index in [1.165, 1.54) is 0 Å². The maximum atomic E-state index is 6.14. The highest BCUT2D eigenvalue weighted by Crippen LogP contribution is 2.27. The Morgan fingerprint density at radius 2 is 2.16 bits per heavy atom. The minimum absolute atomic E-state index is 0.215. The second-order valence-corrected chi connectivity index (χ2v) is 5.83. The lowest BCUT2D eigenvalue weighted by Gasteiger charge is -2.13. The number of hydrogen-bond acceptors (Lipinski definition) is 5. The van der Waals surface area contributed by atoms with E-state index in [2.05, 4.69) is 38.0 Å². The zero-order valence-electron chi connectivity index (χ0n) is 10.4. The molecule has 1 atom stereocenters. The molecule has 0 bridgehead atoms. The third-order valence-corrected chi connectivity index (χ3v) is 4.07. The van der Waals surface area contributed by atoms with Crippen LogP contribution in [0.5, 0.6) is 5.88 Å². The average molecular weight is 340 g/mol. The Kier molecular flexibility index (Phi) is 5.18. The fourth-order valence-electron chi connectivity index (χ4n) is 1.57. The molecule has 4 nitrogen and oxygen atoms in total. The van der Waals surface area contributed by atoms with Gasteiger partial charge in [-0.2, -0.15) is 0 Å². The van der Waals surface area contributed by atoms with Gasteiger partial charge in [0.05, 0.1) is 13.2 Å². The summed E-state index contributed by atoms with van der Waals surface area (Å²) in [5, 5.41) is 0. The summed E-state index contributed by atoms with van der Waals surface area (Å²) in [4.78, 5) is 9.51. The van der Waals surface area contributed by atoms with Crippen LogP contribution in [0.2, 0.25) is 0 Å². The third kappa shape index (κ3) is 3.92. The molecule has 0 aliphatic heterocycles. The third-order valence-electron chi connectivity index (χ3n) is 2.46. The van der Waals surface area contributed by atoms with Crippen molar-refractivity contribution in [3.63, 3.8) is 0 Å². The maximum Gasteiger partial charge on any atom is 0.237 e. The highest BCUT2D eigenvalue weighted by molar-refractivity contribution is 9.10. The van der Waals surface area contributed by atoms with Crippen LogP contribution in [0.15, 0.2) is 46.0 Å². The summed E-state index contributed by atoms with van der Waals surface area (Å²) in [6, 6.07) is 7.89. The van der Waals surface area contributed by atoms with Gasteiger partial charge in [-0.15, -0.1) is 11.8 Å². The van der Waals surface area contributed by atoms with Crippen molar-refractivity contribution < 1.29 is 4.74 Å². The number of rotatable bonds is 5. The van der Waals surface area contributed by atoms with Crippen molar-refractivity contribution in [3.05, 3.63) is 46.8 Å². The van der Waals surface area contributed by atoms with Crippen molar-refractivity contribution in [2.45, 2.75) is 10.9 Å². The quantitative estimate of drug-likeness (QED) is 0.848. The predicted octanol–water partition coefficient (Wildman–Crippen LogP) is 3.04. The van der Waals surface area contributed by atoms with Gasteiger partial charge in [-0.3, -0.25) is 4.98 Å². The van der Waals surface area contributed by atoms with E-state index in [9.17, 15) is 0 Å². The first-order valence-corrected chi connectivity index (χ1v) is 7.47. The number of aromatic nitrogens is 2. The van der Waals surface area contributed by atoms with Crippen molar-refractivity contribution in [1.29, 1.82) is 0 Å². The van der Waals surface area contributed by atoms with Gasteiger partial charge in [0.1, 0.15) is 5.69 Å². The summed E-state index contributed by atoms with van der Waals surface area (Å²) in [5.41, 5.74) is 6.83. The normalized spacial score (nSPS) is 12.2. The number of nitrogens with two attached hydrogens (primary N) is 1. The van der Waals surface area contributed by atoms with Crippen LogP contribution in [0.3, 0.4) is 0 Å². The van der Waals surface area contributed by atoms with Gasteiger partial charge in [-0.1, -0.05) is 22.0 Å². The molecule has 2 rings (SSSR count). The van der Waals surface area contributed by atoms with Crippen LogP contribution >= 0.6 is 27.7 Å². The number of ether oxygens (including phenoxy) is 1. The van der Waals surface area contributed by atoms with Crippen LogP contribution in [0.4, 0.5) is 0 Å². The molecule has 1 aromatic carbocycles. The maximum absolute atomic E-state index is 6.14. The second kappa shape index (κ2) is 6.88. The Morgan fingerprint density at radius 1 is 1.37 bits per heavy atom. The van der Waals surface area contributed by atoms with Crippen molar-refractivity contribution in [2.75, 3.05) is 12.9 Å². The molecule has 0 saturated carbocycles.